The minimum Gasteiger partial charge on any atom is -0.461 e. The van der Waals surface area contributed by atoms with E-state index in [2.05, 4.69) is 5.32 Å². The molecule has 0 saturated heterocycles. The quantitative estimate of drug-likeness (QED) is 0.628. The number of nitrogens with one attached hydrogen (secondary N) is 1. The summed E-state index contributed by atoms with van der Waals surface area (Å²) in [5.74, 6) is 0.774. The molecule has 1 heterocycles. The third kappa shape index (κ3) is 5.30. The van der Waals surface area contributed by atoms with Gasteiger partial charge in [0.05, 0.1) is 11.6 Å². The fourth-order valence-electron chi connectivity index (χ4n) is 3.11. The summed E-state index contributed by atoms with van der Waals surface area (Å²) >= 11 is 0. The molecule has 2 aromatic carbocycles. The first-order valence-electron chi connectivity index (χ1n) is 9.35. The molecule has 0 spiro atoms. The predicted octanol–water partition coefficient (Wildman–Crippen LogP) is 4.44. The number of aryl methyl sites for hydroxylation is 1. The van der Waals surface area contributed by atoms with E-state index < -0.39 is 0 Å². The molecule has 0 aliphatic carbocycles. The summed E-state index contributed by atoms with van der Waals surface area (Å²) in [6.45, 7) is 0.716. The lowest BCUT2D eigenvalue weighted by molar-refractivity contribution is -0.122. The van der Waals surface area contributed by atoms with Crippen LogP contribution in [0.25, 0.3) is 11.3 Å². The van der Waals surface area contributed by atoms with E-state index in [4.69, 9.17) is 4.42 Å². The Kier molecular flexibility index (Phi) is 6.61. The van der Waals surface area contributed by atoms with E-state index in [1.54, 1.807) is 30.3 Å². The van der Waals surface area contributed by atoms with Crippen molar-refractivity contribution in [1.29, 1.82) is 0 Å². The van der Waals surface area contributed by atoms with Crippen molar-refractivity contribution >= 4 is 5.91 Å². The van der Waals surface area contributed by atoms with Gasteiger partial charge in [-0.3, -0.25) is 4.79 Å². The summed E-state index contributed by atoms with van der Waals surface area (Å²) < 4.78 is 19.6. The van der Waals surface area contributed by atoms with Gasteiger partial charge in [-0.2, -0.15) is 0 Å². The number of hydrogen-bond acceptors (Lipinski definition) is 3. The summed E-state index contributed by atoms with van der Waals surface area (Å²) in [6, 6.07) is 19.9. The van der Waals surface area contributed by atoms with Crippen molar-refractivity contribution in [2.75, 3.05) is 20.6 Å². The molecule has 146 valence electrons. The zero-order chi connectivity index (χ0) is 19.9. The molecule has 0 aliphatic rings. The van der Waals surface area contributed by atoms with Crippen molar-refractivity contribution < 1.29 is 13.6 Å². The van der Waals surface area contributed by atoms with Crippen LogP contribution in [0.4, 0.5) is 4.39 Å². The number of nitrogens with zero attached hydrogens (tertiary/aromatic N) is 1. The van der Waals surface area contributed by atoms with E-state index in [1.165, 1.54) is 6.07 Å². The van der Waals surface area contributed by atoms with Crippen molar-refractivity contribution in [2.45, 2.75) is 18.9 Å². The van der Waals surface area contributed by atoms with Gasteiger partial charge in [0.2, 0.25) is 5.91 Å². The van der Waals surface area contributed by atoms with Crippen LogP contribution in [-0.2, 0) is 11.2 Å². The third-order valence-corrected chi connectivity index (χ3v) is 4.48. The van der Waals surface area contributed by atoms with Crippen LogP contribution in [0.3, 0.4) is 0 Å². The number of likely N-dealkylation sites (N-methyl/N-ethyl adjacent to an activating group) is 1. The van der Waals surface area contributed by atoms with Crippen molar-refractivity contribution in [1.82, 2.24) is 10.2 Å². The molecule has 5 heteroatoms. The van der Waals surface area contributed by atoms with Gasteiger partial charge in [0, 0.05) is 19.4 Å². The number of carbonyl (C=O) groups is 1. The standard InChI is InChI=1S/C23H25FN2O2/c1-26(2)16-21(17-8-4-3-5-9-17)25-23(27)15-13-18-12-14-22(28-18)19-10-6-7-11-20(19)24/h3-12,14,21H,13,15-16H2,1-2H3,(H,25,27). The zero-order valence-electron chi connectivity index (χ0n) is 16.2. The number of rotatable bonds is 8. The fourth-order valence-corrected chi connectivity index (χ4v) is 3.11. The SMILES string of the molecule is CN(C)CC(NC(=O)CCc1ccc(-c2ccccc2F)o1)c1ccccc1. The second kappa shape index (κ2) is 9.33. The van der Waals surface area contributed by atoms with Crippen molar-refractivity contribution in [3.8, 4) is 11.3 Å². The molecule has 3 rings (SSSR count). The van der Waals surface area contributed by atoms with Gasteiger partial charge in [-0.15, -0.1) is 0 Å². The van der Waals surface area contributed by atoms with Gasteiger partial charge in [-0.05, 0) is 43.9 Å². The van der Waals surface area contributed by atoms with E-state index in [-0.39, 0.29) is 17.8 Å². The summed E-state index contributed by atoms with van der Waals surface area (Å²) in [5, 5.41) is 3.10. The highest BCUT2D eigenvalue weighted by Crippen LogP contribution is 2.25. The van der Waals surface area contributed by atoms with Crippen LogP contribution in [0.1, 0.15) is 23.8 Å². The topological polar surface area (TPSA) is 45.5 Å². The Balaban J connectivity index is 1.60. The Morgan fingerprint density at radius 1 is 1.04 bits per heavy atom. The molecule has 0 bridgehead atoms. The van der Waals surface area contributed by atoms with Crippen LogP contribution < -0.4 is 5.32 Å². The van der Waals surface area contributed by atoms with Crippen LogP contribution in [0.5, 0.6) is 0 Å². The lowest BCUT2D eigenvalue weighted by Gasteiger charge is -2.22. The largest absolute Gasteiger partial charge is 0.461 e. The van der Waals surface area contributed by atoms with Gasteiger partial charge in [0.15, 0.2) is 0 Å². The monoisotopic (exact) mass is 380 g/mol. The van der Waals surface area contributed by atoms with Crippen molar-refractivity contribution in [3.05, 3.63) is 83.9 Å². The van der Waals surface area contributed by atoms with Gasteiger partial charge < -0.3 is 14.6 Å². The average Bonchev–Trinajstić information content (AvgIpc) is 3.15. The third-order valence-electron chi connectivity index (χ3n) is 4.48. The molecule has 1 atom stereocenters. The van der Waals surface area contributed by atoms with Gasteiger partial charge in [0.25, 0.3) is 0 Å². The first-order valence-corrected chi connectivity index (χ1v) is 9.35. The van der Waals surface area contributed by atoms with Crippen LogP contribution in [0, 0.1) is 5.82 Å². The molecule has 28 heavy (non-hydrogen) atoms. The predicted molar refractivity (Wildman–Crippen MR) is 108 cm³/mol. The number of amides is 1. The van der Waals surface area contributed by atoms with Crippen LogP contribution >= 0.6 is 0 Å². The Morgan fingerprint density at radius 2 is 1.75 bits per heavy atom. The molecule has 0 saturated carbocycles. The van der Waals surface area contributed by atoms with Crippen LogP contribution in [-0.4, -0.2) is 31.4 Å². The molecule has 0 aliphatic heterocycles. The highest BCUT2D eigenvalue weighted by atomic mass is 19.1. The number of benzene rings is 2. The Morgan fingerprint density at radius 3 is 2.46 bits per heavy atom. The van der Waals surface area contributed by atoms with Crippen molar-refractivity contribution in [3.63, 3.8) is 0 Å². The number of furan rings is 1. The van der Waals surface area contributed by atoms with Gasteiger partial charge >= 0.3 is 0 Å². The second-order valence-electron chi connectivity index (χ2n) is 7.04. The molecular weight excluding hydrogens is 355 g/mol. The number of halogens is 1. The molecule has 3 aromatic rings. The van der Waals surface area contributed by atoms with Gasteiger partial charge in [-0.25, -0.2) is 4.39 Å². The highest BCUT2D eigenvalue weighted by Gasteiger charge is 2.16. The molecular formula is C23H25FN2O2. The minimum atomic E-state index is -0.324. The Bertz CT molecular complexity index is 906. The molecule has 1 amide bonds. The lowest BCUT2D eigenvalue weighted by atomic mass is 10.1. The van der Waals surface area contributed by atoms with E-state index in [9.17, 15) is 9.18 Å². The molecule has 4 nitrogen and oxygen atoms in total. The maximum atomic E-state index is 13.9. The average molecular weight is 380 g/mol. The van der Waals surface area contributed by atoms with Gasteiger partial charge in [-0.1, -0.05) is 42.5 Å². The van der Waals surface area contributed by atoms with E-state index in [0.29, 0.717) is 36.5 Å². The molecule has 0 radical (unpaired) electrons. The molecule has 0 fully saturated rings. The second-order valence-corrected chi connectivity index (χ2v) is 7.04. The minimum absolute atomic E-state index is 0.0421. The molecule has 1 unspecified atom stereocenters. The number of carbonyl (C=O) groups excluding carboxylic acids is 1. The molecule has 1 aromatic heterocycles. The summed E-state index contributed by atoms with van der Waals surface area (Å²) in [4.78, 5) is 14.5. The first-order chi connectivity index (χ1) is 13.5. The first kappa shape index (κ1) is 19.8. The Labute approximate surface area is 165 Å². The van der Waals surface area contributed by atoms with Crippen LogP contribution in [0.15, 0.2) is 71.1 Å². The fraction of sp³-hybridized carbons (Fsp3) is 0.261. The van der Waals surface area contributed by atoms with Crippen molar-refractivity contribution in [2.24, 2.45) is 0 Å². The molecule has 1 N–H and O–H groups in total. The zero-order valence-corrected chi connectivity index (χ0v) is 16.2. The van der Waals surface area contributed by atoms with E-state index in [0.717, 1.165) is 5.56 Å². The summed E-state index contributed by atoms with van der Waals surface area (Å²) in [7, 11) is 3.96. The highest BCUT2D eigenvalue weighted by molar-refractivity contribution is 5.76. The van der Waals surface area contributed by atoms with Gasteiger partial charge in [0.1, 0.15) is 17.3 Å². The maximum absolute atomic E-state index is 13.9. The van der Waals surface area contributed by atoms with Crippen LogP contribution in [0.2, 0.25) is 0 Å². The number of hydrogen-bond donors (Lipinski definition) is 1. The summed E-state index contributed by atoms with van der Waals surface area (Å²) in [6.07, 6.45) is 0.769. The maximum Gasteiger partial charge on any atom is 0.220 e. The Hall–Kier alpha value is -2.92. The van der Waals surface area contributed by atoms with E-state index in [1.807, 2.05) is 49.3 Å². The van der Waals surface area contributed by atoms with E-state index >= 15 is 0 Å². The summed E-state index contributed by atoms with van der Waals surface area (Å²) in [5.41, 5.74) is 1.50. The lowest BCUT2D eigenvalue weighted by Crippen LogP contribution is -2.35. The normalized spacial score (nSPS) is 12.1. The smallest absolute Gasteiger partial charge is 0.220 e.